The number of nitrogens with zero attached hydrogens (tertiary/aromatic N) is 2. The molecule has 0 amide bonds. The minimum atomic E-state index is -0.910. The highest BCUT2D eigenvalue weighted by molar-refractivity contribution is 7.14. The minimum Gasteiger partial charge on any atom is -0.595 e. The van der Waals surface area contributed by atoms with Crippen LogP contribution in [0.5, 0.6) is 0 Å². The zero-order valence-corrected chi connectivity index (χ0v) is 13.8. The molecule has 0 fully saturated rings. The van der Waals surface area contributed by atoms with Crippen molar-refractivity contribution in [2.75, 3.05) is 11.4 Å². The largest absolute Gasteiger partial charge is 0.595 e. The number of nitrogens with one attached hydrogen (secondary N) is 1. The van der Waals surface area contributed by atoms with Crippen molar-refractivity contribution in [1.82, 2.24) is 4.98 Å². The molecule has 1 atom stereocenters. The van der Waals surface area contributed by atoms with Crippen LogP contribution in [0.1, 0.15) is 11.1 Å². The Morgan fingerprint density at radius 3 is 2.58 bits per heavy atom. The molecule has 1 aromatic heterocycles. The van der Waals surface area contributed by atoms with Gasteiger partial charge in [0.15, 0.2) is 10.8 Å². The third-order valence-corrected chi connectivity index (χ3v) is 5.22. The molecular weight excluding hydrogens is 322 g/mol. The predicted molar refractivity (Wildman–Crippen MR) is 94.5 cm³/mol. The first-order chi connectivity index (χ1) is 11.7. The lowest BCUT2D eigenvalue weighted by Gasteiger charge is -2.28. The summed E-state index contributed by atoms with van der Waals surface area (Å²) in [5.41, 5.74) is 4.92. The molecule has 0 bridgehead atoms. The summed E-state index contributed by atoms with van der Waals surface area (Å²) in [6, 6.07) is 15.4. The summed E-state index contributed by atoms with van der Waals surface area (Å²) in [7, 11) is 0. The molecule has 2 heterocycles. The normalized spacial score (nSPS) is 15.2. The molecule has 0 spiro atoms. The summed E-state index contributed by atoms with van der Waals surface area (Å²) in [5.74, 6) is 0. The zero-order chi connectivity index (χ0) is 16.5. The van der Waals surface area contributed by atoms with Crippen LogP contribution in [0.2, 0.25) is 0 Å². The van der Waals surface area contributed by atoms with Gasteiger partial charge >= 0.3 is 0 Å². The predicted octanol–water partition coefficient (Wildman–Crippen LogP) is 2.78. The maximum atomic E-state index is 10.9. The van der Waals surface area contributed by atoms with E-state index in [0.29, 0.717) is 5.69 Å². The molecule has 122 valence electrons. The van der Waals surface area contributed by atoms with Gasteiger partial charge in [-0.05, 0) is 29.7 Å². The third kappa shape index (κ3) is 2.92. The van der Waals surface area contributed by atoms with Gasteiger partial charge in [0.2, 0.25) is 0 Å². The topological polar surface area (TPSA) is 63.9 Å². The Labute approximate surface area is 144 Å². The lowest BCUT2D eigenvalue weighted by Crippen LogP contribution is -2.99. The number of benzene rings is 2. The monoisotopic (exact) mass is 339 g/mol. The average Bonchev–Trinajstić information content (AvgIpc) is 3.11. The number of thiazole rings is 1. The highest BCUT2D eigenvalue weighted by atomic mass is 32.1. The third-order valence-electron chi connectivity index (χ3n) is 4.32. The van der Waals surface area contributed by atoms with Crippen molar-refractivity contribution in [1.29, 1.82) is 0 Å². The average molecular weight is 339 g/mol. The Balaban J connectivity index is 1.55. The second kappa shape index (κ2) is 6.33. The van der Waals surface area contributed by atoms with E-state index in [1.165, 1.54) is 11.1 Å². The number of fused-ring (bicyclic) bond motifs is 1. The van der Waals surface area contributed by atoms with Crippen LogP contribution in [0.15, 0.2) is 53.9 Å². The van der Waals surface area contributed by atoms with Gasteiger partial charge in [-0.25, -0.2) is 10.2 Å². The van der Waals surface area contributed by atoms with E-state index in [4.69, 9.17) is 10.2 Å². The smallest absolute Gasteiger partial charge is 0.186 e. The Bertz CT molecular complexity index is 845. The number of hydrogen-bond acceptors (Lipinski definition) is 5. The van der Waals surface area contributed by atoms with Crippen LogP contribution in [0.25, 0.3) is 11.3 Å². The summed E-state index contributed by atoms with van der Waals surface area (Å²) >= 11 is 1.63. The summed E-state index contributed by atoms with van der Waals surface area (Å²) in [5, 5.41) is 22.1. The Kier molecular flexibility index (Phi) is 4.03. The number of aromatic nitrogens is 1. The van der Waals surface area contributed by atoms with Crippen molar-refractivity contribution in [3.05, 3.63) is 70.2 Å². The van der Waals surface area contributed by atoms with Gasteiger partial charge in [-0.1, -0.05) is 24.3 Å². The minimum absolute atomic E-state index is 0.293. The maximum Gasteiger partial charge on any atom is 0.186 e. The molecule has 6 heteroatoms. The lowest BCUT2D eigenvalue weighted by molar-refractivity contribution is -0.991. The van der Waals surface area contributed by atoms with Crippen LogP contribution in [-0.2, 0) is 13.0 Å². The molecule has 24 heavy (non-hydrogen) atoms. The first-order valence-corrected chi connectivity index (χ1v) is 8.69. The van der Waals surface area contributed by atoms with Gasteiger partial charge in [0.1, 0.15) is 0 Å². The molecule has 1 aliphatic heterocycles. The summed E-state index contributed by atoms with van der Waals surface area (Å²) in [6.07, 6.45) is 1.04. The van der Waals surface area contributed by atoms with Gasteiger partial charge < -0.3 is 10.1 Å². The van der Waals surface area contributed by atoms with Crippen molar-refractivity contribution in [3.63, 3.8) is 0 Å². The van der Waals surface area contributed by atoms with Crippen molar-refractivity contribution in [2.45, 2.75) is 13.0 Å². The second-order valence-corrected chi connectivity index (χ2v) is 6.67. The van der Waals surface area contributed by atoms with Gasteiger partial charge in [0, 0.05) is 36.2 Å². The van der Waals surface area contributed by atoms with Crippen molar-refractivity contribution < 1.29 is 10.4 Å². The Morgan fingerprint density at radius 2 is 1.83 bits per heavy atom. The summed E-state index contributed by atoms with van der Waals surface area (Å²) < 4.78 is 0. The molecular formula is C18H17N3O2S. The fraction of sp³-hybridized carbons (Fsp3) is 0.167. The Morgan fingerprint density at radius 1 is 1.08 bits per heavy atom. The van der Waals surface area contributed by atoms with E-state index in [1.807, 2.05) is 17.5 Å². The van der Waals surface area contributed by atoms with E-state index in [1.54, 1.807) is 23.5 Å². The summed E-state index contributed by atoms with van der Waals surface area (Å²) in [6.45, 7) is 1.86. The SMILES string of the molecule is [O-][NH+](O)c1ccc(-c2csc(N3CCc4ccccc4C3)n2)cc1. The van der Waals surface area contributed by atoms with Gasteiger partial charge in [0.25, 0.3) is 0 Å². The summed E-state index contributed by atoms with van der Waals surface area (Å²) in [4.78, 5) is 7.06. The first-order valence-electron chi connectivity index (χ1n) is 7.82. The quantitative estimate of drug-likeness (QED) is 0.720. The fourth-order valence-electron chi connectivity index (χ4n) is 2.98. The number of rotatable bonds is 3. The molecule has 1 unspecified atom stereocenters. The van der Waals surface area contributed by atoms with Crippen molar-refractivity contribution >= 4 is 22.2 Å². The van der Waals surface area contributed by atoms with Crippen molar-refractivity contribution in [2.24, 2.45) is 0 Å². The van der Waals surface area contributed by atoms with E-state index < -0.39 is 5.23 Å². The molecule has 4 rings (SSSR count). The van der Waals surface area contributed by atoms with Crippen LogP contribution in [0, 0.1) is 5.21 Å². The van der Waals surface area contributed by atoms with Crippen LogP contribution in [0.3, 0.4) is 0 Å². The number of anilines is 1. The number of hydrogen-bond donors (Lipinski definition) is 2. The molecule has 2 aromatic carbocycles. The van der Waals surface area contributed by atoms with Crippen LogP contribution >= 0.6 is 11.3 Å². The molecule has 2 N–H and O–H groups in total. The van der Waals surface area contributed by atoms with Crippen LogP contribution in [-0.4, -0.2) is 16.7 Å². The van der Waals surface area contributed by atoms with Gasteiger partial charge in [0.05, 0.1) is 5.69 Å². The van der Waals surface area contributed by atoms with Gasteiger partial charge in [-0.3, -0.25) is 0 Å². The highest BCUT2D eigenvalue weighted by Gasteiger charge is 2.18. The fourth-order valence-corrected chi connectivity index (χ4v) is 3.85. The lowest BCUT2D eigenvalue weighted by atomic mass is 10.0. The molecule has 1 aliphatic rings. The van der Waals surface area contributed by atoms with Crippen molar-refractivity contribution in [3.8, 4) is 11.3 Å². The molecule has 3 aromatic rings. The van der Waals surface area contributed by atoms with Crippen LogP contribution < -0.4 is 10.1 Å². The maximum absolute atomic E-state index is 10.9. The molecule has 0 saturated heterocycles. The first kappa shape index (κ1) is 15.3. The standard InChI is InChI=1S/C18H17N3O2S/c22-21(23)16-7-5-14(6-8-16)17-12-24-18(19-17)20-10-9-13-3-1-2-4-15(13)11-20/h1-8,12,21-22H,9-11H2. The van der Waals surface area contributed by atoms with Gasteiger partial charge in [-0.15, -0.1) is 11.3 Å². The Hall–Kier alpha value is -2.25. The van der Waals surface area contributed by atoms with E-state index in [9.17, 15) is 5.21 Å². The van der Waals surface area contributed by atoms with Gasteiger partial charge in [-0.2, -0.15) is 5.23 Å². The van der Waals surface area contributed by atoms with E-state index in [-0.39, 0.29) is 0 Å². The van der Waals surface area contributed by atoms with E-state index in [2.05, 4.69) is 29.2 Å². The molecule has 5 nitrogen and oxygen atoms in total. The van der Waals surface area contributed by atoms with E-state index in [0.717, 1.165) is 35.9 Å². The highest BCUT2D eigenvalue weighted by Crippen LogP contribution is 2.31. The molecule has 0 radical (unpaired) electrons. The molecule has 0 aliphatic carbocycles. The number of quaternary nitrogens is 1. The van der Waals surface area contributed by atoms with E-state index >= 15 is 0 Å². The second-order valence-electron chi connectivity index (χ2n) is 5.84. The molecule has 0 saturated carbocycles. The zero-order valence-electron chi connectivity index (χ0n) is 13.0. The van der Waals surface area contributed by atoms with Crippen LogP contribution in [0.4, 0.5) is 10.8 Å².